The zero-order valence-corrected chi connectivity index (χ0v) is 14.8. The zero-order chi connectivity index (χ0) is 15.7. The Kier molecular flexibility index (Phi) is 8.35. The van der Waals surface area contributed by atoms with Gasteiger partial charge in [-0.15, -0.1) is 0 Å². The first kappa shape index (κ1) is 18.5. The summed E-state index contributed by atoms with van der Waals surface area (Å²) in [6.07, 6.45) is 11.2. The van der Waals surface area contributed by atoms with Gasteiger partial charge in [0.15, 0.2) is 0 Å². The molecule has 0 atom stereocenters. The van der Waals surface area contributed by atoms with Gasteiger partial charge in [-0.25, -0.2) is 8.42 Å². The van der Waals surface area contributed by atoms with Gasteiger partial charge < -0.3 is 0 Å². The number of benzene rings is 1. The van der Waals surface area contributed by atoms with Gasteiger partial charge >= 0.3 is 0 Å². The fourth-order valence-electron chi connectivity index (χ4n) is 2.64. The monoisotopic (exact) mass is 330 g/mol. The molecule has 0 aliphatic heterocycles. The quantitative estimate of drug-likeness (QED) is 0.413. The smallest absolute Gasteiger partial charge is 0.207 e. The molecule has 4 heteroatoms. The van der Waals surface area contributed by atoms with Gasteiger partial charge in [-0.2, -0.15) is 0 Å². The van der Waals surface area contributed by atoms with Crippen molar-refractivity contribution in [3.8, 4) is 0 Å². The molecule has 1 rings (SSSR count). The van der Waals surface area contributed by atoms with Crippen LogP contribution in [0.1, 0.15) is 69.4 Å². The molecular formula is C17H27ClO2S. The number of unbranched alkanes of at least 4 members (excludes halogenated alkanes) is 7. The average molecular weight is 331 g/mol. The number of aryl methyl sites for hydroxylation is 1. The van der Waals surface area contributed by atoms with Gasteiger partial charge in [0.1, 0.15) is 0 Å². The van der Waals surface area contributed by atoms with Gasteiger partial charge in [0.25, 0.3) is 9.05 Å². The van der Waals surface area contributed by atoms with E-state index in [4.69, 9.17) is 10.7 Å². The average Bonchev–Trinajstić information content (AvgIpc) is 2.42. The van der Waals surface area contributed by atoms with Crippen molar-refractivity contribution in [3.05, 3.63) is 29.3 Å². The molecule has 0 aliphatic carbocycles. The second kappa shape index (κ2) is 9.47. The van der Waals surface area contributed by atoms with Gasteiger partial charge in [0, 0.05) is 10.7 Å². The maximum absolute atomic E-state index is 11.5. The minimum absolute atomic E-state index is 0.251. The summed E-state index contributed by atoms with van der Waals surface area (Å²) in [7, 11) is 1.82. The van der Waals surface area contributed by atoms with Gasteiger partial charge in [-0.05, 0) is 37.0 Å². The highest BCUT2D eigenvalue weighted by molar-refractivity contribution is 8.13. The lowest BCUT2D eigenvalue weighted by molar-refractivity contribution is 0.575. The van der Waals surface area contributed by atoms with Crippen LogP contribution in [0.5, 0.6) is 0 Å². The van der Waals surface area contributed by atoms with Crippen LogP contribution >= 0.6 is 10.7 Å². The molecule has 0 unspecified atom stereocenters. The second-order valence-electron chi connectivity index (χ2n) is 5.70. The molecule has 0 saturated heterocycles. The van der Waals surface area contributed by atoms with E-state index in [2.05, 4.69) is 6.92 Å². The highest BCUT2D eigenvalue weighted by atomic mass is 35.7. The summed E-state index contributed by atoms with van der Waals surface area (Å²) < 4.78 is 22.9. The highest BCUT2D eigenvalue weighted by Crippen LogP contribution is 2.23. The minimum Gasteiger partial charge on any atom is -0.207 e. The third-order valence-electron chi connectivity index (χ3n) is 3.96. The summed E-state index contributed by atoms with van der Waals surface area (Å²) in [5.41, 5.74) is 1.90. The van der Waals surface area contributed by atoms with Crippen LogP contribution in [-0.2, 0) is 15.5 Å². The Balaban J connectivity index is 2.36. The maximum atomic E-state index is 11.5. The topological polar surface area (TPSA) is 34.1 Å². The van der Waals surface area contributed by atoms with E-state index in [0.29, 0.717) is 0 Å². The van der Waals surface area contributed by atoms with Crippen LogP contribution < -0.4 is 0 Å². The number of hydrogen-bond donors (Lipinski definition) is 0. The van der Waals surface area contributed by atoms with E-state index in [1.807, 2.05) is 13.0 Å². The maximum Gasteiger partial charge on any atom is 0.261 e. The van der Waals surface area contributed by atoms with Crippen molar-refractivity contribution in [3.63, 3.8) is 0 Å². The Morgan fingerprint density at radius 2 is 1.52 bits per heavy atom. The molecule has 0 aliphatic rings. The molecule has 0 N–H and O–H groups in total. The fraction of sp³-hybridized carbons (Fsp3) is 0.647. The van der Waals surface area contributed by atoms with E-state index in [1.165, 1.54) is 44.9 Å². The van der Waals surface area contributed by atoms with Crippen molar-refractivity contribution in [2.45, 2.75) is 76.5 Å². The van der Waals surface area contributed by atoms with Gasteiger partial charge in [-0.1, -0.05) is 64.0 Å². The molecule has 120 valence electrons. The normalized spacial score (nSPS) is 11.8. The molecule has 0 bridgehead atoms. The second-order valence-corrected chi connectivity index (χ2v) is 8.24. The molecule has 0 saturated carbocycles. The predicted octanol–water partition coefficient (Wildman–Crippen LogP) is 5.61. The molecular weight excluding hydrogens is 304 g/mol. The Morgan fingerprint density at radius 3 is 2.10 bits per heavy atom. The Labute approximate surface area is 134 Å². The van der Waals surface area contributed by atoms with E-state index in [1.54, 1.807) is 12.1 Å². The molecule has 0 spiro atoms. The molecule has 1 aromatic carbocycles. The van der Waals surface area contributed by atoms with Gasteiger partial charge in [0.05, 0.1) is 4.90 Å². The summed E-state index contributed by atoms with van der Waals surface area (Å²) in [5.74, 6) is 0. The summed E-state index contributed by atoms with van der Waals surface area (Å²) in [6.45, 7) is 4.08. The molecule has 0 heterocycles. The number of halogens is 1. The van der Waals surface area contributed by atoms with Crippen molar-refractivity contribution < 1.29 is 8.42 Å². The molecule has 2 nitrogen and oxygen atoms in total. The molecule has 0 fully saturated rings. The molecule has 0 radical (unpaired) electrons. The van der Waals surface area contributed by atoms with Crippen LogP contribution in [0.25, 0.3) is 0 Å². The van der Waals surface area contributed by atoms with E-state index in [9.17, 15) is 8.42 Å². The summed E-state index contributed by atoms with van der Waals surface area (Å²) in [6, 6.07) is 5.36. The first-order valence-corrected chi connectivity index (χ1v) is 10.3. The first-order chi connectivity index (χ1) is 9.96. The van der Waals surface area contributed by atoms with Crippen molar-refractivity contribution in [1.29, 1.82) is 0 Å². The third-order valence-corrected chi connectivity index (χ3v) is 5.42. The molecule has 21 heavy (non-hydrogen) atoms. The number of rotatable bonds is 10. The van der Waals surface area contributed by atoms with Crippen LogP contribution in [0.2, 0.25) is 0 Å². The molecule has 0 amide bonds. The van der Waals surface area contributed by atoms with E-state index in [0.717, 1.165) is 24.0 Å². The minimum atomic E-state index is -3.63. The Morgan fingerprint density at radius 1 is 0.952 bits per heavy atom. The summed E-state index contributed by atoms with van der Waals surface area (Å²) >= 11 is 0. The fourth-order valence-corrected chi connectivity index (χ4v) is 3.88. The molecule has 0 aromatic heterocycles. The summed E-state index contributed by atoms with van der Waals surface area (Å²) in [5, 5.41) is 0. The number of hydrogen-bond acceptors (Lipinski definition) is 2. The van der Waals surface area contributed by atoms with Gasteiger partial charge in [-0.3, -0.25) is 0 Å². The Bertz CT molecular complexity index is 524. The highest BCUT2D eigenvalue weighted by Gasteiger charge is 2.14. The third kappa shape index (κ3) is 6.84. The standard InChI is InChI=1S/C17H27ClO2S/c1-3-4-5-6-7-8-9-10-12-16-13-11-14-17(15(16)2)21(18,19)20/h11,13-14H,3-10,12H2,1-2H3. The van der Waals surface area contributed by atoms with Crippen molar-refractivity contribution in [1.82, 2.24) is 0 Å². The van der Waals surface area contributed by atoms with Crippen LogP contribution in [-0.4, -0.2) is 8.42 Å². The van der Waals surface area contributed by atoms with Crippen LogP contribution in [0.4, 0.5) is 0 Å². The zero-order valence-electron chi connectivity index (χ0n) is 13.2. The van der Waals surface area contributed by atoms with E-state index in [-0.39, 0.29) is 4.90 Å². The van der Waals surface area contributed by atoms with Crippen molar-refractivity contribution >= 4 is 19.7 Å². The predicted molar refractivity (Wildman–Crippen MR) is 90.5 cm³/mol. The lowest BCUT2D eigenvalue weighted by atomic mass is 10.0. The van der Waals surface area contributed by atoms with Crippen molar-refractivity contribution in [2.75, 3.05) is 0 Å². The lowest BCUT2D eigenvalue weighted by Gasteiger charge is -2.09. The van der Waals surface area contributed by atoms with Crippen LogP contribution in [0.15, 0.2) is 23.1 Å². The SMILES string of the molecule is CCCCCCCCCCc1cccc(S(=O)(=O)Cl)c1C. The Hall–Kier alpha value is -0.540. The van der Waals surface area contributed by atoms with E-state index >= 15 is 0 Å². The largest absolute Gasteiger partial charge is 0.261 e. The van der Waals surface area contributed by atoms with Crippen molar-refractivity contribution in [2.24, 2.45) is 0 Å². The van der Waals surface area contributed by atoms with Crippen LogP contribution in [0.3, 0.4) is 0 Å². The first-order valence-electron chi connectivity index (χ1n) is 8.00. The lowest BCUT2D eigenvalue weighted by Crippen LogP contribution is -1.99. The van der Waals surface area contributed by atoms with Crippen LogP contribution in [0, 0.1) is 6.92 Å². The summed E-state index contributed by atoms with van der Waals surface area (Å²) in [4.78, 5) is 0.251. The van der Waals surface area contributed by atoms with Gasteiger partial charge in [0.2, 0.25) is 0 Å². The molecule has 1 aromatic rings. The van der Waals surface area contributed by atoms with E-state index < -0.39 is 9.05 Å².